The summed E-state index contributed by atoms with van der Waals surface area (Å²) in [5, 5.41) is 2.52. The standard InChI is InChI=1S/C21H30FNO5/c1-14-11-16(12-15-5-7-17(22)8-6-15)9-10-26-13-18(19(24)27-14)23-20(25)28-21(2,3)4/h5-8,14,16,18H,9-13H2,1-4H3,(H,23,25)/t14?,16?,18-/m0/s1. The average Bonchev–Trinajstić information content (AvgIpc) is 2.57. The highest BCUT2D eigenvalue weighted by molar-refractivity contribution is 5.81. The maximum absolute atomic E-state index is 13.1. The fourth-order valence-corrected chi connectivity index (χ4v) is 3.12. The van der Waals surface area contributed by atoms with Gasteiger partial charge in [-0.1, -0.05) is 12.1 Å². The normalized spacial score (nSPS) is 24.2. The number of amides is 1. The summed E-state index contributed by atoms with van der Waals surface area (Å²) in [4.78, 5) is 24.4. The molecule has 1 N–H and O–H groups in total. The van der Waals surface area contributed by atoms with Crippen LogP contribution in [0.1, 0.15) is 46.1 Å². The van der Waals surface area contributed by atoms with Crippen molar-refractivity contribution >= 4 is 12.1 Å². The Bertz CT molecular complexity index is 656. The lowest BCUT2D eigenvalue weighted by Gasteiger charge is -2.27. The average molecular weight is 395 g/mol. The van der Waals surface area contributed by atoms with Crippen LogP contribution in [-0.4, -0.2) is 43.0 Å². The van der Waals surface area contributed by atoms with Gasteiger partial charge in [-0.25, -0.2) is 14.0 Å². The molecular formula is C21H30FNO5. The van der Waals surface area contributed by atoms with Crippen LogP contribution in [0, 0.1) is 11.7 Å². The topological polar surface area (TPSA) is 73.9 Å². The maximum Gasteiger partial charge on any atom is 0.408 e. The highest BCUT2D eigenvalue weighted by Crippen LogP contribution is 2.21. The van der Waals surface area contributed by atoms with Crippen LogP contribution in [0.4, 0.5) is 9.18 Å². The van der Waals surface area contributed by atoms with Crippen LogP contribution in [0.5, 0.6) is 0 Å². The number of rotatable bonds is 3. The number of nitrogens with one attached hydrogen (secondary N) is 1. The molecule has 0 bridgehead atoms. The largest absolute Gasteiger partial charge is 0.461 e. The molecule has 6 nitrogen and oxygen atoms in total. The number of cyclic esters (lactones) is 1. The van der Waals surface area contributed by atoms with Gasteiger partial charge in [-0.3, -0.25) is 0 Å². The predicted octanol–water partition coefficient (Wildman–Crippen LogP) is 3.62. The molecule has 1 saturated heterocycles. The first kappa shape index (κ1) is 22.1. The van der Waals surface area contributed by atoms with Gasteiger partial charge in [-0.15, -0.1) is 0 Å². The van der Waals surface area contributed by atoms with E-state index in [1.807, 2.05) is 6.92 Å². The van der Waals surface area contributed by atoms with Crippen LogP contribution < -0.4 is 5.32 Å². The lowest BCUT2D eigenvalue weighted by Crippen LogP contribution is -2.48. The van der Waals surface area contributed by atoms with Gasteiger partial charge < -0.3 is 19.5 Å². The molecule has 0 aliphatic carbocycles. The van der Waals surface area contributed by atoms with Gasteiger partial charge in [0.2, 0.25) is 0 Å². The van der Waals surface area contributed by atoms with Gasteiger partial charge in [0.05, 0.1) is 12.7 Å². The fraction of sp³-hybridized carbons (Fsp3) is 0.619. The highest BCUT2D eigenvalue weighted by Gasteiger charge is 2.29. The second kappa shape index (κ2) is 9.87. The van der Waals surface area contributed by atoms with Gasteiger partial charge >= 0.3 is 12.1 Å². The van der Waals surface area contributed by atoms with Gasteiger partial charge in [0.15, 0.2) is 6.04 Å². The number of halogens is 1. The fourth-order valence-electron chi connectivity index (χ4n) is 3.12. The van der Waals surface area contributed by atoms with Crippen LogP contribution in [-0.2, 0) is 25.4 Å². The SMILES string of the molecule is CC1CC(Cc2ccc(F)cc2)CCOC[C@H](NC(=O)OC(C)(C)C)C(=O)O1. The smallest absolute Gasteiger partial charge is 0.408 e. The van der Waals surface area contributed by atoms with E-state index >= 15 is 0 Å². The molecule has 2 rings (SSSR count). The molecule has 28 heavy (non-hydrogen) atoms. The summed E-state index contributed by atoms with van der Waals surface area (Å²) in [7, 11) is 0. The number of ether oxygens (including phenoxy) is 3. The Morgan fingerprint density at radius 2 is 1.96 bits per heavy atom. The van der Waals surface area contributed by atoms with E-state index in [4.69, 9.17) is 14.2 Å². The van der Waals surface area contributed by atoms with E-state index in [0.29, 0.717) is 13.0 Å². The van der Waals surface area contributed by atoms with E-state index in [2.05, 4.69) is 5.32 Å². The van der Waals surface area contributed by atoms with Crippen molar-refractivity contribution in [3.05, 3.63) is 35.6 Å². The second-order valence-corrected chi connectivity index (χ2v) is 8.24. The molecule has 2 unspecified atom stereocenters. The molecule has 0 spiro atoms. The third-order valence-electron chi connectivity index (χ3n) is 4.35. The number of benzene rings is 1. The number of alkyl carbamates (subject to hydrolysis) is 1. The van der Waals surface area contributed by atoms with E-state index in [1.54, 1.807) is 32.9 Å². The van der Waals surface area contributed by atoms with Crippen LogP contribution in [0.25, 0.3) is 0 Å². The number of carbonyl (C=O) groups is 2. The number of hydrogen-bond acceptors (Lipinski definition) is 5. The minimum atomic E-state index is -0.911. The quantitative estimate of drug-likeness (QED) is 0.792. The van der Waals surface area contributed by atoms with Crippen molar-refractivity contribution in [1.82, 2.24) is 5.32 Å². The Morgan fingerprint density at radius 1 is 1.29 bits per heavy atom. The molecular weight excluding hydrogens is 365 g/mol. The van der Waals surface area contributed by atoms with Crippen molar-refractivity contribution in [3.8, 4) is 0 Å². The minimum absolute atomic E-state index is 0.0219. The van der Waals surface area contributed by atoms with E-state index < -0.39 is 23.7 Å². The summed E-state index contributed by atoms with van der Waals surface area (Å²) < 4.78 is 29.4. The molecule has 156 valence electrons. The predicted molar refractivity (Wildman–Crippen MR) is 102 cm³/mol. The molecule has 0 saturated carbocycles. The van der Waals surface area contributed by atoms with E-state index in [0.717, 1.165) is 18.4 Å². The molecule has 1 aromatic carbocycles. The highest BCUT2D eigenvalue weighted by atomic mass is 19.1. The van der Waals surface area contributed by atoms with Crippen molar-refractivity contribution < 1.29 is 28.2 Å². The van der Waals surface area contributed by atoms with Gasteiger partial charge in [0.1, 0.15) is 11.4 Å². The van der Waals surface area contributed by atoms with Crippen LogP contribution >= 0.6 is 0 Å². The zero-order chi connectivity index (χ0) is 20.7. The van der Waals surface area contributed by atoms with Crippen molar-refractivity contribution in [2.24, 2.45) is 5.92 Å². The molecule has 0 aromatic heterocycles. The van der Waals surface area contributed by atoms with E-state index in [-0.39, 0.29) is 24.4 Å². The summed E-state index contributed by atoms with van der Waals surface area (Å²) in [6.45, 7) is 7.56. The van der Waals surface area contributed by atoms with Crippen LogP contribution in [0.2, 0.25) is 0 Å². The summed E-state index contributed by atoms with van der Waals surface area (Å²) in [5.41, 5.74) is 0.373. The van der Waals surface area contributed by atoms with Gasteiger partial charge in [-0.2, -0.15) is 0 Å². The molecule has 1 aliphatic rings. The Labute approximate surface area is 165 Å². The Hall–Kier alpha value is -2.15. The summed E-state index contributed by atoms with van der Waals surface area (Å²) >= 11 is 0. The van der Waals surface area contributed by atoms with E-state index in [9.17, 15) is 14.0 Å². The van der Waals surface area contributed by atoms with Crippen molar-refractivity contribution in [1.29, 1.82) is 0 Å². The lowest BCUT2D eigenvalue weighted by atomic mass is 9.91. The third-order valence-corrected chi connectivity index (χ3v) is 4.35. The Morgan fingerprint density at radius 3 is 2.61 bits per heavy atom. The Kier molecular flexibility index (Phi) is 7.80. The maximum atomic E-state index is 13.1. The summed E-state index contributed by atoms with van der Waals surface area (Å²) in [6.07, 6.45) is 1.20. The molecule has 1 aliphatic heterocycles. The van der Waals surface area contributed by atoms with Crippen LogP contribution in [0.3, 0.4) is 0 Å². The van der Waals surface area contributed by atoms with Crippen molar-refractivity contribution in [2.75, 3.05) is 13.2 Å². The zero-order valence-electron chi connectivity index (χ0n) is 17.0. The molecule has 1 fully saturated rings. The van der Waals surface area contributed by atoms with Gasteiger partial charge in [0, 0.05) is 6.61 Å². The Balaban J connectivity index is 1.94. The van der Waals surface area contributed by atoms with Gasteiger partial charge in [0.25, 0.3) is 0 Å². The van der Waals surface area contributed by atoms with Crippen LogP contribution in [0.15, 0.2) is 24.3 Å². The summed E-state index contributed by atoms with van der Waals surface area (Å²) in [5.74, 6) is -0.562. The van der Waals surface area contributed by atoms with Gasteiger partial charge in [-0.05, 0) is 70.6 Å². The first-order valence-electron chi connectivity index (χ1n) is 9.64. The molecule has 1 aromatic rings. The first-order chi connectivity index (χ1) is 13.1. The summed E-state index contributed by atoms with van der Waals surface area (Å²) in [6, 6.07) is 5.52. The monoisotopic (exact) mass is 395 g/mol. The van der Waals surface area contributed by atoms with Crippen molar-refractivity contribution in [2.45, 2.75) is 64.7 Å². The molecule has 1 heterocycles. The number of esters is 1. The number of carbonyl (C=O) groups excluding carboxylic acids is 2. The van der Waals surface area contributed by atoms with E-state index in [1.165, 1.54) is 12.1 Å². The lowest BCUT2D eigenvalue weighted by molar-refractivity contribution is -0.154. The first-order valence-corrected chi connectivity index (χ1v) is 9.64. The zero-order valence-corrected chi connectivity index (χ0v) is 17.0. The second-order valence-electron chi connectivity index (χ2n) is 8.24. The minimum Gasteiger partial charge on any atom is -0.461 e. The van der Waals surface area contributed by atoms with Crippen molar-refractivity contribution in [3.63, 3.8) is 0 Å². The number of hydrogen-bond donors (Lipinski definition) is 1. The third kappa shape index (κ3) is 7.84. The molecule has 3 atom stereocenters. The molecule has 0 radical (unpaired) electrons. The molecule has 7 heteroatoms. The molecule has 1 amide bonds.